The van der Waals surface area contributed by atoms with Crippen LogP contribution in [0.4, 0.5) is 14.5 Å². The van der Waals surface area contributed by atoms with Crippen molar-refractivity contribution in [1.82, 2.24) is 0 Å². The number of alkyl halides is 2. The van der Waals surface area contributed by atoms with Gasteiger partial charge in [0, 0.05) is 17.7 Å². The van der Waals surface area contributed by atoms with E-state index in [0.717, 1.165) is 6.07 Å². The normalized spacial score (nSPS) is 10.1. The second-order valence-corrected chi connectivity index (χ2v) is 3.31. The van der Waals surface area contributed by atoms with E-state index in [9.17, 15) is 23.7 Å². The summed E-state index contributed by atoms with van der Waals surface area (Å²) >= 11 is 0. The van der Waals surface area contributed by atoms with Gasteiger partial charge in [-0.15, -0.1) is 0 Å². The van der Waals surface area contributed by atoms with Crippen molar-refractivity contribution in [2.24, 2.45) is 0 Å². The van der Waals surface area contributed by atoms with Crippen LogP contribution in [0.25, 0.3) is 0 Å². The Morgan fingerprint density at radius 2 is 2.17 bits per heavy atom. The van der Waals surface area contributed by atoms with Gasteiger partial charge in [0.25, 0.3) is 12.1 Å². The van der Waals surface area contributed by atoms with Crippen LogP contribution < -0.4 is 0 Å². The van der Waals surface area contributed by atoms with E-state index in [2.05, 4.69) is 0 Å². The average molecular weight is 256 g/mol. The monoisotopic (exact) mass is 256 g/mol. The zero-order valence-electron chi connectivity index (χ0n) is 8.76. The van der Waals surface area contributed by atoms with Crippen molar-refractivity contribution < 1.29 is 23.6 Å². The maximum absolute atomic E-state index is 12.7. The summed E-state index contributed by atoms with van der Waals surface area (Å²) in [6, 6.07) is 2.85. The fourth-order valence-electron chi connectivity index (χ4n) is 1.43. The summed E-state index contributed by atoms with van der Waals surface area (Å²) in [5.41, 5.74) is -2.32. The Bertz CT molecular complexity index is 552. The number of carboxylic acid groups (broad SMARTS) is 1. The molecule has 0 heterocycles. The summed E-state index contributed by atoms with van der Waals surface area (Å²) < 4.78 is 25.3. The number of non-ortho nitro benzene ring substituents is 1. The van der Waals surface area contributed by atoms with Crippen LogP contribution in [0.3, 0.4) is 0 Å². The molecular formula is C10H6F2N2O4. The van der Waals surface area contributed by atoms with Crippen LogP contribution in [-0.4, -0.2) is 16.0 Å². The third-order valence-electron chi connectivity index (χ3n) is 2.13. The minimum atomic E-state index is -3.09. The second kappa shape index (κ2) is 5.18. The van der Waals surface area contributed by atoms with Gasteiger partial charge >= 0.3 is 5.97 Å². The molecule has 18 heavy (non-hydrogen) atoms. The lowest BCUT2D eigenvalue weighted by atomic mass is 9.98. The summed E-state index contributed by atoms with van der Waals surface area (Å²) in [7, 11) is 0. The summed E-state index contributed by atoms with van der Waals surface area (Å²) in [4.78, 5) is 20.2. The predicted octanol–water partition coefficient (Wildman–Crippen LogP) is 2.03. The molecule has 1 N–H and O–H groups in total. The van der Waals surface area contributed by atoms with E-state index < -0.39 is 40.6 Å². The topological polar surface area (TPSA) is 104 Å². The summed E-state index contributed by atoms with van der Waals surface area (Å²) in [6.07, 6.45) is -3.82. The number of nitro benzene ring substituents is 1. The molecule has 0 saturated carbocycles. The molecule has 0 bridgehead atoms. The van der Waals surface area contributed by atoms with Gasteiger partial charge in [0.1, 0.15) is 0 Å². The Morgan fingerprint density at radius 1 is 1.56 bits per heavy atom. The number of nitriles is 1. The number of carbonyl (C=O) groups is 1. The van der Waals surface area contributed by atoms with E-state index in [1.165, 1.54) is 6.07 Å². The van der Waals surface area contributed by atoms with Gasteiger partial charge in [0.05, 0.1) is 23.0 Å². The molecule has 6 nitrogen and oxygen atoms in total. The van der Waals surface area contributed by atoms with Gasteiger partial charge in [-0.2, -0.15) is 5.26 Å². The van der Waals surface area contributed by atoms with Crippen LogP contribution in [0.2, 0.25) is 0 Å². The van der Waals surface area contributed by atoms with Gasteiger partial charge in [0.2, 0.25) is 0 Å². The predicted molar refractivity (Wildman–Crippen MR) is 54.1 cm³/mol. The Labute approximate surface area is 99.2 Å². The Kier molecular flexibility index (Phi) is 3.89. The van der Waals surface area contributed by atoms with Gasteiger partial charge in [0.15, 0.2) is 0 Å². The Morgan fingerprint density at radius 3 is 2.56 bits per heavy atom. The molecule has 0 atom stereocenters. The van der Waals surface area contributed by atoms with E-state index in [0.29, 0.717) is 6.07 Å². The molecule has 0 aliphatic heterocycles. The molecule has 0 saturated heterocycles. The van der Waals surface area contributed by atoms with Crippen molar-refractivity contribution in [3.63, 3.8) is 0 Å². The lowest BCUT2D eigenvalue weighted by molar-refractivity contribution is -0.385. The molecule has 1 rings (SSSR count). The Hall–Kier alpha value is -2.56. The minimum absolute atomic E-state index is 0.297. The lowest BCUT2D eigenvalue weighted by Gasteiger charge is -2.07. The van der Waals surface area contributed by atoms with Crippen LogP contribution >= 0.6 is 0 Å². The lowest BCUT2D eigenvalue weighted by Crippen LogP contribution is -2.06. The summed E-state index contributed by atoms with van der Waals surface area (Å²) in [6.45, 7) is 0. The first-order valence-corrected chi connectivity index (χ1v) is 4.58. The van der Waals surface area contributed by atoms with Crippen LogP contribution in [0, 0.1) is 21.4 Å². The molecule has 0 radical (unpaired) electrons. The third kappa shape index (κ3) is 2.76. The molecular weight excluding hydrogens is 250 g/mol. The molecule has 0 spiro atoms. The highest BCUT2D eigenvalue weighted by Crippen LogP contribution is 2.30. The van der Waals surface area contributed by atoms with E-state index in [1.54, 1.807) is 0 Å². The van der Waals surface area contributed by atoms with Gasteiger partial charge < -0.3 is 5.11 Å². The summed E-state index contributed by atoms with van der Waals surface area (Å²) in [5, 5.41) is 27.9. The van der Waals surface area contributed by atoms with Crippen molar-refractivity contribution in [3.8, 4) is 6.07 Å². The van der Waals surface area contributed by atoms with E-state index >= 15 is 0 Å². The van der Waals surface area contributed by atoms with Crippen molar-refractivity contribution in [1.29, 1.82) is 5.26 Å². The van der Waals surface area contributed by atoms with Crippen molar-refractivity contribution in [2.75, 3.05) is 0 Å². The first-order valence-electron chi connectivity index (χ1n) is 4.58. The number of carboxylic acids is 1. The van der Waals surface area contributed by atoms with Crippen LogP contribution in [-0.2, 0) is 11.2 Å². The quantitative estimate of drug-likeness (QED) is 0.655. The number of nitrogens with zero attached hydrogens (tertiary/aromatic N) is 2. The van der Waals surface area contributed by atoms with Crippen molar-refractivity contribution in [3.05, 3.63) is 38.9 Å². The van der Waals surface area contributed by atoms with Crippen molar-refractivity contribution >= 4 is 11.7 Å². The fourth-order valence-corrected chi connectivity index (χ4v) is 1.43. The SMILES string of the molecule is N#Cc1c(CC(=O)O)cc([N+](=O)[O-])cc1C(F)F. The maximum Gasteiger partial charge on any atom is 0.307 e. The highest BCUT2D eigenvalue weighted by molar-refractivity contribution is 5.72. The number of hydrogen-bond donors (Lipinski definition) is 1. The minimum Gasteiger partial charge on any atom is -0.481 e. The van der Waals surface area contributed by atoms with Crippen molar-refractivity contribution in [2.45, 2.75) is 12.8 Å². The molecule has 0 aliphatic carbocycles. The highest BCUT2D eigenvalue weighted by atomic mass is 19.3. The highest BCUT2D eigenvalue weighted by Gasteiger charge is 2.23. The molecule has 8 heteroatoms. The van der Waals surface area contributed by atoms with Gasteiger partial charge in [-0.25, -0.2) is 8.78 Å². The number of aliphatic carboxylic acids is 1. The van der Waals surface area contributed by atoms with Crippen LogP contribution in [0.1, 0.15) is 23.1 Å². The van der Waals surface area contributed by atoms with E-state index in [-0.39, 0.29) is 5.56 Å². The second-order valence-electron chi connectivity index (χ2n) is 3.31. The molecule has 0 aromatic heterocycles. The zero-order chi connectivity index (χ0) is 13.9. The van der Waals surface area contributed by atoms with Gasteiger partial charge in [-0.05, 0) is 5.56 Å². The number of halogens is 2. The zero-order valence-corrected chi connectivity index (χ0v) is 8.76. The number of nitro groups is 1. The van der Waals surface area contributed by atoms with Gasteiger partial charge in [-0.3, -0.25) is 14.9 Å². The maximum atomic E-state index is 12.7. The van der Waals surface area contributed by atoms with Crippen LogP contribution in [0.15, 0.2) is 12.1 Å². The first-order chi connectivity index (χ1) is 8.36. The van der Waals surface area contributed by atoms with Crippen LogP contribution in [0.5, 0.6) is 0 Å². The smallest absolute Gasteiger partial charge is 0.307 e. The van der Waals surface area contributed by atoms with E-state index in [4.69, 9.17) is 10.4 Å². The van der Waals surface area contributed by atoms with Gasteiger partial charge in [-0.1, -0.05) is 0 Å². The molecule has 0 aliphatic rings. The summed E-state index contributed by atoms with van der Waals surface area (Å²) in [5.74, 6) is -1.37. The molecule has 0 amide bonds. The number of rotatable bonds is 4. The first kappa shape index (κ1) is 13.5. The average Bonchev–Trinajstić information content (AvgIpc) is 2.26. The molecule has 1 aromatic carbocycles. The standard InChI is InChI=1S/C10H6F2N2O4/c11-10(12)7-3-6(14(17)18)1-5(2-9(15)16)8(7)4-13/h1,3,10H,2H2,(H,15,16). The molecule has 0 fully saturated rings. The van der Waals surface area contributed by atoms with E-state index in [1.807, 2.05) is 0 Å². The largest absolute Gasteiger partial charge is 0.481 e. The number of benzene rings is 1. The molecule has 94 valence electrons. The number of hydrogen-bond acceptors (Lipinski definition) is 4. The molecule has 0 unspecified atom stereocenters. The third-order valence-corrected chi connectivity index (χ3v) is 2.13. The fraction of sp³-hybridized carbons (Fsp3) is 0.200. The Balaban J connectivity index is 3.51. The molecule has 1 aromatic rings.